The van der Waals surface area contributed by atoms with Gasteiger partial charge in [0.1, 0.15) is 17.3 Å². The van der Waals surface area contributed by atoms with E-state index in [-0.39, 0.29) is 17.0 Å². The van der Waals surface area contributed by atoms with Gasteiger partial charge in [-0.1, -0.05) is 12.1 Å². The molecule has 0 saturated carbocycles. The Bertz CT molecular complexity index is 897. The van der Waals surface area contributed by atoms with Gasteiger partial charge >= 0.3 is 0 Å². The fourth-order valence-electron chi connectivity index (χ4n) is 2.16. The van der Waals surface area contributed by atoms with Crippen LogP contribution in [0, 0.1) is 18.6 Å². The number of methoxy groups -OCH3 is 1. The van der Waals surface area contributed by atoms with Gasteiger partial charge in [-0.25, -0.2) is 17.2 Å². The topological polar surface area (TPSA) is 84.5 Å². The Kier molecular flexibility index (Phi) is 6.27. The van der Waals surface area contributed by atoms with Crippen molar-refractivity contribution >= 4 is 21.6 Å². The first kappa shape index (κ1) is 19.8. The third-order valence-electron chi connectivity index (χ3n) is 3.55. The van der Waals surface area contributed by atoms with Gasteiger partial charge in [0.25, 0.3) is 15.9 Å². The summed E-state index contributed by atoms with van der Waals surface area (Å²) in [5.41, 5.74) is -0.0897. The van der Waals surface area contributed by atoms with Crippen LogP contribution in [-0.4, -0.2) is 34.6 Å². The number of anilines is 1. The quantitative estimate of drug-likeness (QED) is 0.718. The maximum Gasteiger partial charge on any atom is 0.262 e. The lowest BCUT2D eigenvalue weighted by atomic mass is 10.1. The van der Waals surface area contributed by atoms with Crippen LogP contribution in [0.25, 0.3) is 0 Å². The molecule has 2 aromatic carbocycles. The number of aryl methyl sites for hydroxylation is 1. The van der Waals surface area contributed by atoms with Gasteiger partial charge in [0.15, 0.2) is 0 Å². The van der Waals surface area contributed by atoms with Crippen LogP contribution in [-0.2, 0) is 14.8 Å². The number of carbonyl (C=O) groups excluding carboxylic acids is 1. The molecule has 6 nitrogen and oxygen atoms in total. The second-order valence-electron chi connectivity index (χ2n) is 5.43. The monoisotopic (exact) mass is 384 g/mol. The Balaban J connectivity index is 2.32. The molecule has 0 aliphatic rings. The summed E-state index contributed by atoms with van der Waals surface area (Å²) in [6.45, 7) is 2.20. The molecule has 0 saturated heterocycles. The Labute approximate surface area is 150 Å². The first-order chi connectivity index (χ1) is 12.3. The third kappa shape index (κ3) is 4.55. The molecule has 0 heterocycles. The summed E-state index contributed by atoms with van der Waals surface area (Å²) in [5.74, 6) is -2.56. The van der Waals surface area contributed by atoms with Crippen LogP contribution in [0.5, 0.6) is 0 Å². The van der Waals surface area contributed by atoms with E-state index in [9.17, 15) is 22.0 Å². The second kappa shape index (κ2) is 8.24. The first-order valence-corrected chi connectivity index (χ1v) is 9.09. The molecule has 2 rings (SSSR count). The Morgan fingerprint density at radius 2 is 1.81 bits per heavy atom. The van der Waals surface area contributed by atoms with Crippen molar-refractivity contribution in [2.75, 3.05) is 25.0 Å². The van der Waals surface area contributed by atoms with E-state index in [1.807, 2.05) is 4.72 Å². The predicted molar refractivity (Wildman–Crippen MR) is 92.6 cm³/mol. The molecule has 140 valence electrons. The summed E-state index contributed by atoms with van der Waals surface area (Å²) in [6.07, 6.45) is 0. The molecule has 0 unspecified atom stereocenters. The van der Waals surface area contributed by atoms with Crippen LogP contribution in [0.1, 0.15) is 15.9 Å². The fourth-order valence-corrected chi connectivity index (χ4v) is 3.27. The van der Waals surface area contributed by atoms with Crippen LogP contribution in [0.2, 0.25) is 0 Å². The minimum atomic E-state index is -4.29. The van der Waals surface area contributed by atoms with Crippen molar-refractivity contribution < 1.29 is 26.7 Å². The number of nitrogens with one attached hydrogen (secondary N) is 2. The molecule has 0 spiro atoms. The van der Waals surface area contributed by atoms with Crippen molar-refractivity contribution in [3.63, 3.8) is 0 Å². The predicted octanol–water partition coefficient (Wildman–Crippen LogP) is 2.45. The summed E-state index contributed by atoms with van der Waals surface area (Å²) >= 11 is 0. The molecular formula is C17H18F2N2O4S. The summed E-state index contributed by atoms with van der Waals surface area (Å²) in [5, 5.41) is 2.59. The standard InChI is InChI=1S/C17H18F2N2O4S/c1-11-6-7-12(10-13(11)17(22)20-8-9-25-2)26(23,24)21-16-14(18)4-3-5-15(16)19/h3-7,10,21H,8-9H2,1-2H3,(H,20,22). The van der Waals surface area contributed by atoms with E-state index in [2.05, 4.69) is 5.32 Å². The van der Waals surface area contributed by atoms with E-state index < -0.39 is 33.3 Å². The SMILES string of the molecule is COCCNC(=O)c1cc(S(=O)(=O)Nc2c(F)cccc2F)ccc1C. The van der Waals surface area contributed by atoms with Gasteiger partial charge in [0.05, 0.1) is 11.5 Å². The molecule has 0 bridgehead atoms. The first-order valence-electron chi connectivity index (χ1n) is 7.61. The van der Waals surface area contributed by atoms with E-state index in [1.54, 1.807) is 6.92 Å². The molecule has 0 radical (unpaired) electrons. The lowest BCUT2D eigenvalue weighted by molar-refractivity contribution is 0.0936. The second-order valence-corrected chi connectivity index (χ2v) is 7.11. The highest BCUT2D eigenvalue weighted by Gasteiger charge is 2.21. The number of para-hydroxylation sites is 1. The zero-order valence-corrected chi connectivity index (χ0v) is 15.0. The largest absolute Gasteiger partial charge is 0.383 e. The van der Waals surface area contributed by atoms with E-state index in [1.165, 1.54) is 19.2 Å². The highest BCUT2D eigenvalue weighted by Crippen LogP contribution is 2.23. The van der Waals surface area contributed by atoms with Crippen LogP contribution < -0.4 is 10.0 Å². The summed E-state index contributed by atoms with van der Waals surface area (Å²) in [7, 11) is -2.81. The van der Waals surface area contributed by atoms with Gasteiger partial charge in [-0.3, -0.25) is 9.52 Å². The zero-order valence-electron chi connectivity index (χ0n) is 14.2. The molecule has 0 atom stereocenters. The van der Waals surface area contributed by atoms with E-state index in [4.69, 9.17) is 4.74 Å². The number of ether oxygens (including phenoxy) is 1. The van der Waals surface area contributed by atoms with Crippen molar-refractivity contribution in [2.24, 2.45) is 0 Å². The lowest BCUT2D eigenvalue weighted by Gasteiger charge is -2.12. The third-order valence-corrected chi connectivity index (χ3v) is 4.90. The molecular weight excluding hydrogens is 366 g/mol. The molecule has 26 heavy (non-hydrogen) atoms. The maximum absolute atomic E-state index is 13.7. The smallest absolute Gasteiger partial charge is 0.262 e. The Hall–Kier alpha value is -2.52. The number of halogens is 2. The van der Waals surface area contributed by atoms with Crippen LogP contribution >= 0.6 is 0 Å². The lowest BCUT2D eigenvalue weighted by Crippen LogP contribution is -2.28. The van der Waals surface area contributed by atoms with Crippen LogP contribution in [0.4, 0.5) is 14.5 Å². The normalized spacial score (nSPS) is 11.2. The highest BCUT2D eigenvalue weighted by atomic mass is 32.2. The molecule has 0 aliphatic carbocycles. The van der Waals surface area contributed by atoms with Gasteiger partial charge < -0.3 is 10.1 Å². The Morgan fingerprint density at radius 1 is 1.15 bits per heavy atom. The van der Waals surface area contributed by atoms with Gasteiger partial charge in [0, 0.05) is 19.2 Å². The number of amides is 1. The minimum Gasteiger partial charge on any atom is -0.383 e. The average molecular weight is 384 g/mol. The summed E-state index contributed by atoms with van der Waals surface area (Å²) in [4.78, 5) is 11.9. The summed E-state index contributed by atoms with van der Waals surface area (Å²) < 4.78 is 59.0. The van der Waals surface area contributed by atoms with Crippen molar-refractivity contribution in [1.82, 2.24) is 5.32 Å². The Morgan fingerprint density at radius 3 is 2.42 bits per heavy atom. The molecule has 2 aromatic rings. The van der Waals surface area contributed by atoms with Gasteiger partial charge in [0.2, 0.25) is 0 Å². The van der Waals surface area contributed by atoms with Crippen molar-refractivity contribution in [3.05, 3.63) is 59.2 Å². The van der Waals surface area contributed by atoms with E-state index >= 15 is 0 Å². The average Bonchev–Trinajstić information content (AvgIpc) is 2.58. The fraction of sp³-hybridized carbons (Fsp3) is 0.235. The van der Waals surface area contributed by atoms with Gasteiger partial charge in [-0.05, 0) is 36.8 Å². The van der Waals surface area contributed by atoms with Crippen LogP contribution in [0.3, 0.4) is 0 Å². The minimum absolute atomic E-state index is 0.137. The maximum atomic E-state index is 13.7. The highest BCUT2D eigenvalue weighted by molar-refractivity contribution is 7.92. The molecule has 9 heteroatoms. The van der Waals surface area contributed by atoms with Crippen LogP contribution in [0.15, 0.2) is 41.3 Å². The van der Waals surface area contributed by atoms with Crippen molar-refractivity contribution in [3.8, 4) is 0 Å². The zero-order chi connectivity index (χ0) is 19.3. The van der Waals surface area contributed by atoms with Crippen molar-refractivity contribution in [2.45, 2.75) is 11.8 Å². The number of sulfonamides is 1. The molecule has 0 aliphatic heterocycles. The number of rotatable bonds is 7. The van der Waals surface area contributed by atoms with Gasteiger partial charge in [-0.15, -0.1) is 0 Å². The molecule has 0 fully saturated rings. The number of benzene rings is 2. The number of carbonyl (C=O) groups is 1. The molecule has 2 N–H and O–H groups in total. The number of hydrogen-bond acceptors (Lipinski definition) is 4. The van der Waals surface area contributed by atoms with E-state index in [0.29, 0.717) is 12.2 Å². The summed E-state index contributed by atoms with van der Waals surface area (Å²) in [6, 6.07) is 6.84. The molecule has 1 amide bonds. The number of hydrogen-bond donors (Lipinski definition) is 2. The van der Waals surface area contributed by atoms with Crippen molar-refractivity contribution in [1.29, 1.82) is 0 Å². The molecule has 0 aromatic heterocycles. The van der Waals surface area contributed by atoms with Gasteiger partial charge in [-0.2, -0.15) is 0 Å². The van der Waals surface area contributed by atoms with E-state index in [0.717, 1.165) is 24.3 Å².